The maximum absolute atomic E-state index is 13.1. The summed E-state index contributed by atoms with van der Waals surface area (Å²) in [4.78, 5) is 38.7. The van der Waals surface area contributed by atoms with Crippen molar-refractivity contribution in [3.63, 3.8) is 0 Å². The van der Waals surface area contributed by atoms with E-state index < -0.39 is 11.6 Å². The van der Waals surface area contributed by atoms with Gasteiger partial charge < -0.3 is 14.8 Å². The summed E-state index contributed by atoms with van der Waals surface area (Å²) in [5, 5.41) is 3.65. The number of halogens is 1. The molecule has 2 aromatic carbocycles. The number of fused-ring (bicyclic) bond motifs is 1. The Morgan fingerprint density at radius 1 is 1.13 bits per heavy atom. The van der Waals surface area contributed by atoms with Gasteiger partial charge in [0.15, 0.2) is 0 Å². The van der Waals surface area contributed by atoms with Crippen molar-refractivity contribution < 1.29 is 14.3 Å². The van der Waals surface area contributed by atoms with Gasteiger partial charge in [0.1, 0.15) is 12.3 Å². The predicted octanol–water partition coefficient (Wildman–Crippen LogP) is 2.81. The van der Waals surface area contributed by atoms with E-state index in [-0.39, 0.29) is 18.6 Å². The molecule has 3 rings (SSSR count). The molecule has 164 valence electrons. The number of hydrogen-bond acceptors (Lipinski definition) is 5. The van der Waals surface area contributed by atoms with Gasteiger partial charge in [-0.2, -0.15) is 0 Å². The molecule has 0 atom stereocenters. The van der Waals surface area contributed by atoms with Crippen LogP contribution in [0.3, 0.4) is 0 Å². The molecule has 3 aromatic rings. The van der Waals surface area contributed by atoms with Crippen LogP contribution in [-0.4, -0.2) is 35.9 Å². The van der Waals surface area contributed by atoms with Crippen LogP contribution in [0.2, 0.25) is 5.02 Å². The second-order valence-corrected chi connectivity index (χ2v) is 7.45. The smallest absolute Gasteiger partial charge is 0.331 e. The van der Waals surface area contributed by atoms with E-state index >= 15 is 0 Å². The number of hydrogen-bond donors (Lipinski definition) is 1. The third-order valence-electron chi connectivity index (χ3n) is 4.92. The highest BCUT2D eigenvalue weighted by molar-refractivity contribution is 6.31. The molecule has 1 amide bonds. The van der Waals surface area contributed by atoms with Crippen LogP contribution < -0.4 is 21.3 Å². The number of aryl methyl sites for hydroxylation is 1. The average Bonchev–Trinajstić information content (AvgIpc) is 2.76. The van der Waals surface area contributed by atoms with Crippen LogP contribution in [0.15, 0.2) is 46.0 Å². The fourth-order valence-electron chi connectivity index (χ4n) is 3.35. The summed E-state index contributed by atoms with van der Waals surface area (Å²) in [6, 6.07) is 10.0. The maximum Gasteiger partial charge on any atom is 0.331 e. The molecule has 0 saturated heterocycles. The van der Waals surface area contributed by atoms with Crippen molar-refractivity contribution in [2.75, 3.05) is 26.1 Å². The number of para-hydroxylation sites is 1. The van der Waals surface area contributed by atoms with Crippen molar-refractivity contribution in [2.45, 2.75) is 26.4 Å². The minimum atomic E-state index is -0.547. The largest absolute Gasteiger partial charge is 0.495 e. The van der Waals surface area contributed by atoms with Crippen LogP contribution in [0.4, 0.5) is 5.69 Å². The first-order chi connectivity index (χ1) is 14.9. The van der Waals surface area contributed by atoms with Crippen molar-refractivity contribution in [1.82, 2.24) is 9.13 Å². The van der Waals surface area contributed by atoms with Gasteiger partial charge in [-0.25, -0.2) is 4.79 Å². The van der Waals surface area contributed by atoms with Gasteiger partial charge in [0.2, 0.25) is 5.91 Å². The van der Waals surface area contributed by atoms with Crippen LogP contribution in [0, 0.1) is 6.92 Å². The SMILES string of the molecule is COCCCn1c(=O)c2ccccc2n(CC(=O)Nc2cc(C)c(Cl)cc2OC)c1=O. The number of methoxy groups -OCH3 is 2. The zero-order valence-corrected chi connectivity index (χ0v) is 18.4. The number of nitrogens with zero attached hydrogens (tertiary/aromatic N) is 2. The summed E-state index contributed by atoms with van der Waals surface area (Å²) in [7, 11) is 3.03. The first-order valence-corrected chi connectivity index (χ1v) is 10.1. The number of ether oxygens (including phenoxy) is 2. The third kappa shape index (κ3) is 4.81. The summed E-state index contributed by atoms with van der Waals surface area (Å²) in [5.41, 5.74) is 0.680. The molecule has 0 bridgehead atoms. The summed E-state index contributed by atoms with van der Waals surface area (Å²) in [5.74, 6) is -0.0277. The number of carbonyl (C=O) groups excluding carboxylic acids is 1. The Kier molecular flexibility index (Phi) is 7.14. The minimum absolute atomic E-state index is 0.197. The van der Waals surface area contributed by atoms with E-state index in [0.717, 1.165) is 10.1 Å². The standard InChI is InChI=1S/C22H24ClN3O5/c1-14-11-17(19(31-3)12-16(14)23)24-20(27)13-26-18-8-5-4-7-15(18)21(28)25(22(26)29)9-6-10-30-2/h4-5,7-8,11-12H,6,9-10,13H2,1-3H3,(H,24,27). The van der Waals surface area contributed by atoms with Crippen LogP contribution in [-0.2, 0) is 22.6 Å². The Morgan fingerprint density at radius 2 is 1.87 bits per heavy atom. The van der Waals surface area contributed by atoms with Crippen molar-refractivity contribution in [3.05, 3.63) is 67.8 Å². The molecule has 9 heteroatoms. The number of aromatic nitrogens is 2. The summed E-state index contributed by atoms with van der Waals surface area (Å²) < 4.78 is 12.8. The topological polar surface area (TPSA) is 91.6 Å². The van der Waals surface area contributed by atoms with Crippen LogP contribution >= 0.6 is 11.6 Å². The molecule has 8 nitrogen and oxygen atoms in total. The van der Waals surface area contributed by atoms with Gasteiger partial charge >= 0.3 is 5.69 Å². The maximum atomic E-state index is 13.1. The Balaban J connectivity index is 1.99. The summed E-state index contributed by atoms with van der Waals surface area (Å²) in [6.07, 6.45) is 0.497. The molecule has 0 fully saturated rings. The lowest BCUT2D eigenvalue weighted by Crippen LogP contribution is -2.42. The summed E-state index contributed by atoms with van der Waals surface area (Å²) >= 11 is 6.12. The average molecular weight is 446 g/mol. The Morgan fingerprint density at radius 3 is 2.58 bits per heavy atom. The van der Waals surface area contributed by atoms with E-state index in [1.54, 1.807) is 43.5 Å². The van der Waals surface area contributed by atoms with Crippen molar-refractivity contribution in [2.24, 2.45) is 0 Å². The quantitative estimate of drug-likeness (QED) is 0.538. The number of amides is 1. The normalized spacial score (nSPS) is 11.0. The number of rotatable bonds is 8. The van der Waals surface area contributed by atoms with E-state index in [9.17, 15) is 14.4 Å². The Bertz CT molecular complexity index is 1230. The van der Waals surface area contributed by atoms with Crippen molar-refractivity contribution >= 4 is 34.1 Å². The van der Waals surface area contributed by atoms with Gasteiger partial charge in [-0.3, -0.25) is 18.7 Å². The zero-order chi connectivity index (χ0) is 22.5. The number of carbonyl (C=O) groups is 1. The minimum Gasteiger partial charge on any atom is -0.495 e. The number of nitrogens with one attached hydrogen (secondary N) is 1. The van der Waals surface area contributed by atoms with Gasteiger partial charge in [-0.1, -0.05) is 23.7 Å². The van der Waals surface area contributed by atoms with E-state index in [1.807, 2.05) is 6.92 Å². The molecule has 0 aliphatic heterocycles. The fraction of sp³-hybridized carbons (Fsp3) is 0.318. The highest BCUT2D eigenvalue weighted by Gasteiger charge is 2.16. The molecule has 0 aliphatic carbocycles. The zero-order valence-electron chi connectivity index (χ0n) is 17.6. The van der Waals surface area contributed by atoms with Crippen molar-refractivity contribution in [1.29, 1.82) is 0 Å². The van der Waals surface area contributed by atoms with Gasteiger partial charge in [0.05, 0.1) is 23.7 Å². The van der Waals surface area contributed by atoms with E-state index in [2.05, 4.69) is 5.32 Å². The highest BCUT2D eigenvalue weighted by atomic mass is 35.5. The van der Waals surface area contributed by atoms with Crippen molar-refractivity contribution in [3.8, 4) is 5.75 Å². The fourth-order valence-corrected chi connectivity index (χ4v) is 3.50. The predicted molar refractivity (Wildman–Crippen MR) is 120 cm³/mol. The van der Waals surface area contributed by atoms with E-state index in [0.29, 0.717) is 40.4 Å². The summed E-state index contributed by atoms with van der Waals surface area (Å²) in [6.45, 7) is 2.15. The Hall–Kier alpha value is -3.10. The number of anilines is 1. The monoisotopic (exact) mass is 445 g/mol. The molecule has 1 aromatic heterocycles. The Labute approximate surface area is 184 Å². The molecule has 1 N–H and O–H groups in total. The van der Waals surface area contributed by atoms with Gasteiger partial charge in [-0.15, -0.1) is 0 Å². The van der Waals surface area contributed by atoms with E-state index in [4.69, 9.17) is 21.1 Å². The van der Waals surface area contributed by atoms with Crippen LogP contribution in [0.25, 0.3) is 10.9 Å². The lowest BCUT2D eigenvalue weighted by atomic mass is 10.2. The lowest BCUT2D eigenvalue weighted by molar-refractivity contribution is -0.116. The molecular weight excluding hydrogens is 422 g/mol. The lowest BCUT2D eigenvalue weighted by Gasteiger charge is -2.15. The van der Waals surface area contributed by atoms with E-state index in [1.165, 1.54) is 11.7 Å². The van der Waals surface area contributed by atoms with Gasteiger partial charge in [0, 0.05) is 31.4 Å². The molecule has 1 heterocycles. The molecule has 31 heavy (non-hydrogen) atoms. The highest BCUT2D eigenvalue weighted by Crippen LogP contribution is 2.30. The van der Waals surface area contributed by atoms with Crippen LogP contribution in [0.1, 0.15) is 12.0 Å². The molecule has 0 spiro atoms. The van der Waals surface area contributed by atoms with Gasteiger partial charge in [0.25, 0.3) is 5.56 Å². The second-order valence-electron chi connectivity index (χ2n) is 7.04. The molecule has 0 aliphatic rings. The first-order valence-electron chi connectivity index (χ1n) is 9.72. The number of benzene rings is 2. The van der Waals surface area contributed by atoms with Crippen LogP contribution in [0.5, 0.6) is 5.75 Å². The first kappa shape index (κ1) is 22.6. The van der Waals surface area contributed by atoms with Gasteiger partial charge in [-0.05, 0) is 37.1 Å². The second kappa shape index (κ2) is 9.80. The third-order valence-corrected chi connectivity index (χ3v) is 5.33. The molecule has 0 unspecified atom stereocenters. The molecular formula is C22H24ClN3O5. The molecule has 0 radical (unpaired) electrons. The molecule has 0 saturated carbocycles.